The molecule has 1 fully saturated rings. The van der Waals surface area contributed by atoms with E-state index in [2.05, 4.69) is 18.7 Å². The fourth-order valence-electron chi connectivity index (χ4n) is 2.37. The van der Waals surface area contributed by atoms with Crippen LogP contribution < -0.4 is 5.73 Å². The van der Waals surface area contributed by atoms with E-state index in [1.54, 1.807) is 0 Å². The van der Waals surface area contributed by atoms with Crippen LogP contribution in [0.5, 0.6) is 0 Å². The fraction of sp³-hybridized carbons (Fsp3) is 1.00. The van der Waals surface area contributed by atoms with Crippen LogP contribution in [-0.4, -0.2) is 43.8 Å². The molecule has 0 heterocycles. The Morgan fingerprint density at radius 1 is 1.29 bits per heavy atom. The Hall–Kier alpha value is -0.120. The van der Waals surface area contributed by atoms with Gasteiger partial charge in [-0.3, -0.25) is 4.90 Å². The van der Waals surface area contributed by atoms with E-state index in [9.17, 15) is 0 Å². The van der Waals surface area contributed by atoms with E-state index in [0.717, 1.165) is 31.5 Å². The van der Waals surface area contributed by atoms with E-state index in [1.165, 1.54) is 32.2 Å². The number of methoxy groups -OCH3 is 1. The van der Waals surface area contributed by atoms with Crippen molar-refractivity contribution in [2.45, 2.75) is 58.0 Å². The third-order valence-electron chi connectivity index (χ3n) is 3.55. The second-order valence-electron chi connectivity index (χ2n) is 5.69. The lowest BCUT2D eigenvalue weighted by Crippen LogP contribution is -2.41. The van der Waals surface area contributed by atoms with E-state index < -0.39 is 0 Å². The van der Waals surface area contributed by atoms with Gasteiger partial charge in [0.15, 0.2) is 0 Å². The second-order valence-corrected chi connectivity index (χ2v) is 5.69. The zero-order valence-corrected chi connectivity index (χ0v) is 11.8. The summed E-state index contributed by atoms with van der Waals surface area (Å²) in [4.78, 5) is 2.68. The predicted octanol–water partition coefficient (Wildman–Crippen LogP) is 2.25. The highest BCUT2D eigenvalue weighted by Gasteiger charge is 2.33. The normalized spacial score (nSPS) is 18.0. The Morgan fingerprint density at radius 3 is 2.47 bits per heavy atom. The summed E-state index contributed by atoms with van der Waals surface area (Å²) in [6.45, 7) is 7.48. The summed E-state index contributed by atoms with van der Waals surface area (Å²) in [5.74, 6) is 0.786. The van der Waals surface area contributed by atoms with Crippen LogP contribution in [-0.2, 0) is 4.74 Å². The first-order valence-corrected chi connectivity index (χ1v) is 7.13. The van der Waals surface area contributed by atoms with E-state index in [4.69, 9.17) is 10.5 Å². The Bertz CT molecular complexity index is 193. The van der Waals surface area contributed by atoms with Crippen molar-refractivity contribution in [3.8, 4) is 0 Å². The summed E-state index contributed by atoms with van der Waals surface area (Å²) in [7, 11) is 1.81. The van der Waals surface area contributed by atoms with Crippen LogP contribution in [0.3, 0.4) is 0 Å². The highest BCUT2D eigenvalue weighted by molar-refractivity contribution is 4.89. The summed E-state index contributed by atoms with van der Waals surface area (Å²) in [5.41, 5.74) is 5.63. The smallest absolute Gasteiger partial charge is 0.0618 e. The van der Waals surface area contributed by atoms with Crippen LogP contribution in [0.4, 0.5) is 0 Å². The molecule has 102 valence electrons. The Morgan fingerprint density at radius 2 is 2.00 bits per heavy atom. The highest BCUT2D eigenvalue weighted by Crippen LogP contribution is 2.30. The lowest BCUT2D eigenvalue weighted by molar-refractivity contribution is 0.0754. The second kappa shape index (κ2) is 8.06. The van der Waals surface area contributed by atoms with Gasteiger partial charge < -0.3 is 10.5 Å². The average molecular weight is 242 g/mol. The zero-order chi connectivity index (χ0) is 12.7. The molecule has 3 heteroatoms. The van der Waals surface area contributed by atoms with E-state index in [-0.39, 0.29) is 0 Å². The van der Waals surface area contributed by atoms with Crippen LogP contribution in [0.15, 0.2) is 0 Å². The predicted molar refractivity (Wildman–Crippen MR) is 73.1 cm³/mol. The van der Waals surface area contributed by atoms with E-state index >= 15 is 0 Å². The molecule has 0 aromatic carbocycles. The highest BCUT2D eigenvalue weighted by atomic mass is 16.5. The lowest BCUT2D eigenvalue weighted by Gasteiger charge is -2.32. The largest absolute Gasteiger partial charge is 0.383 e. The minimum Gasteiger partial charge on any atom is -0.383 e. The van der Waals surface area contributed by atoms with Gasteiger partial charge in [-0.05, 0) is 51.1 Å². The van der Waals surface area contributed by atoms with Crippen LogP contribution in [0.2, 0.25) is 0 Å². The van der Waals surface area contributed by atoms with E-state index in [0.29, 0.717) is 6.04 Å². The van der Waals surface area contributed by atoms with Crippen LogP contribution in [0.1, 0.15) is 46.0 Å². The molecule has 0 aliphatic heterocycles. The first kappa shape index (κ1) is 14.9. The molecule has 0 radical (unpaired) electrons. The van der Waals surface area contributed by atoms with Gasteiger partial charge in [0.25, 0.3) is 0 Å². The minimum absolute atomic E-state index is 0.579. The zero-order valence-electron chi connectivity index (χ0n) is 11.8. The standard InChI is InChI=1S/C14H30N2O/c1-12(2)8-10-16(13-6-7-13)14(11-17-3)5-4-9-15/h12-14H,4-11,15H2,1-3H3. The van der Waals surface area contributed by atoms with Crippen molar-refractivity contribution in [1.29, 1.82) is 0 Å². The van der Waals surface area contributed by atoms with Crippen molar-refractivity contribution in [3.05, 3.63) is 0 Å². The number of nitrogens with two attached hydrogens (primary N) is 1. The Kier molecular flexibility index (Phi) is 7.09. The van der Waals surface area contributed by atoms with Crippen molar-refractivity contribution in [3.63, 3.8) is 0 Å². The van der Waals surface area contributed by atoms with Crippen molar-refractivity contribution >= 4 is 0 Å². The quantitative estimate of drug-likeness (QED) is 0.638. The van der Waals surface area contributed by atoms with Gasteiger partial charge in [-0.1, -0.05) is 13.8 Å². The van der Waals surface area contributed by atoms with Gasteiger partial charge in [0, 0.05) is 19.2 Å². The summed E-state index contributed by atoms with van der Waals surface area (Å²) >= 11 is 0. The molecule has 0 saturated heterocycles. The molecule has 0 aromatic heterocycles. The van der Waals surface area contributed by atoms with Crippen LogP contribution in [0, 0.1) is 5.92 Å². The van der Waals surface area contributed by atoms with Crippen LogP contribution in [0.25, 0.3) is 0 Å². The molecule has 17 heavy (non-hydrogen) atoms. The van der Waals surface area contributed by atoms with Gasteiger partial charge in [0.2, 0.25) is 0 Å². The van der Waals surface area contributed by atoms with Crippen LogP contribution >= 0.6 is 0 Å². The van der Waals surface area contributed by atoms with Crippen molar-refractivity contribution in [2.24, 2.45) is 11.7 Å². The number of hydrogen-bond donors (Lipinski definition) is 1. The molecular formula is C14H30N2O. The molecule has 2 N–H and O–H groups in total. The molecule has 0 amide bonds. The maximum atomic E-state index is 5.63. The van der Waals surface area contributed by atoms with Gasteiger partial charge in [0.05, 0.1) is 6.61 Å². The third kappa shape index (κ3) is 5.84. The molecule has 3 nitrogen and oxygen atoms in total. The molecule has 1 rings (SSSR count). The first-order chi connectivity index (χ1) is 8.19. The molecule has 1 aliphatic rings. The molecule has 0 aromatic rings. The van der Waals surface area contributed by atoms with E-state index in [1.807, 2.05) is 7.11 Å². The molecule has 1 saturated carbocycles. The molecule has 0 spiro atoms. The SMILES string of the molecule is COCC(CCCN)N(CCC(C)C)C1CC1. The van der Waals surface area contributed by atoms with Crippen molar-refractivity contribution in [2.75, 3.05) is 26.8 Å². The van der Waals surface area contributed by atoms with Crippen molar-refractivity contribution < 1.29 is 4.74 Å². The Labute approximate surface area is 107 Å². The van der Waals surface area contributed by atoms with Gasteiger partial charge in [-0.25, -0.2) is 0 Å². The topological polar surface area (TPSA) is 38.5 Å². The molecule has 0 bridgehead atoms. The van der Waals surface area contributed by atoms with Gasteiger partial charge in [0.1, 0.15) is 0 Å². The summed E-state index contributed by atoms with van der Waals surface area (Å²) in [6, 6.07) is 1.40. The minimum atomic E-state index is 0.579. The number of nitrogens with zero attached hydrogens (tertiary/aromatic N) is 1. The molecule has 1 unspecified atom stereocenters. The lowest BCUT2D eigenvalue weighted by atomic mass is 10.1. The number of ether oxygens (including phenoxy) is 1. The first-order valence-electron chi connectivity index (χ1n) is 7.13. The molecule has 1 aliphatic carbocycles. The maximum Gasteiger partial charge on any atom is 0.0618 e. The third-order valence-corrected chi connectivity index (χ3v) is 3.55. The van der Waals surface area contributed by atoms with Crippen molar-refractivity contribution in [1.82, 2.24) is 4.90 Å². The monoisotopic (exact) mass is 242 g/mol. The van der Waals surface area contributed by atoms with Gasteiger partial charge in [-0.2, -0.15) is 0 Å². The van der Waals surface area contributed by atoms with Gasteiger partial charge in [-0.15, -0.1) is 0 Å². The maximum absolute atomic E-state index is 5.63. The summed E-state index contributed by atoms with van der Waals surface area (Å²) in [6.07, 6.45) is 6.33. The fourth-order valence-corrected chi connectivity index (χ4v) is 2.37. The summed E-state index contributed by atoms with van der Waals surface area (Å²) < 4.78 is 5.38. The van der Waals surface area contributed by atoms with Gasteiger partial charge >= 0.3 is 0 Å². The number of hydrogen-bond acceptors (Lipinski definition) is 3. The Balaban J connectivity index is 2.44. The molecule has 1 atom stereocenters. The summed E-state index contributed by atoms with van der Waals surface area (Å²) in [5, 5.41) is 0. The number of rotatable bonds is 10. The average Bonchev–Trinajstić information content (AvgIpc) is 3.09. The molecular weight excluding hydrogens is 212 g/mol.